The number of hydrogen-bond donors (Lipinski definition) is 0. The normalized spacial score (nSPS) is 13.0. The van der Waals surface area contributed by atoms with Gasteiger partial charge in [0.2, 0.25) is 0 Å². The lowest BCUT2D eigenvalue weighted by Crippen LogP contribution is -1.86. The molecular weight excluding hydrogens is 432 g/mol. The molecule has 0 N–H and O–H groups in total. The largest absolute Gasteiger partial charge is 0.0610 e. The fourth-order valence-corrected chi connectivity index (χ4v) is 7.46. The highest BCUT2D eigenvalue weighted by molar-refractivity contribution is 6.43. The summed E-state index contributed by atoms with van der Waals surface area (Å²) >= 11 is 0. The molecule has 0 radical (unpaired) electrons. The van der Waals surface area contributed by atoms with Crippen LogP contribution >= 0.6 is 0 Å². The van der Waals surface area contributed by atoms with Crippen LogP contribution < -0.4 is 0 Å². The van der Waals surface area contributed by atoms with Crippen molar-refractivity contribution >= 4 is 97.0 Å². The second-order valence-electron chi connectivity index (χ2n) is 10.4. The third-order valence-electron chi connectivity index (χ3n) is 8.87. The van der Waals surface area contributed by atoms with Crippen LogP contribution in [0.4, 0.5) is 0 Å². The van der Waals surface area contributed by atoms with Crippen molar-refractivity contribution in [2.45, 2.75) is 0 Å². The second kappa shape index (κ2) is 5.75. The number of fused-ring (bicyclic) bond motifs is 8. The van der Waals surface area contributed by atoms with Crippen molar-refractivity contribution in [3.05, 3.63) is 109 Å². The van der Waals surface area contributed by atoms with E-state index in [1.54, 1.807) is 0 Å². The summed E-state index contributed by atoms with van der Waals surface area (Å²) in [7, 11) is 0. The zero-order chi connectivity index (χ0) is 23.1. The first-order chi connectivity index (χ1) is 17.9. The highest BCUT2D eigenvalue weighted by Gasteiger charge is 2.20. The summed E-state index contributed by atoms with van der Waals surface area (Å²) in [5, 5.41) is 24.7. The van der Waals surface area contributed by atoms with Gasteiger partial charge in [-0.05, 0) is 109 Å². The van der Waals surface area contributed by atoms with Crippen molar-refractivity contribution in [2.24, 2.45) is 0 Å². The molecule has 0 aromatic heterocycles. The Morgan fingerprint density at radius 2 is 0.500 bits per heavy atom. The first kappa shape index (κ1) is 17.7. The van der Waals surface area contributed by atoms with Crippen molar-refractivity contribution in [1.29, 1.82) is 0 Å². The van der Waals surface area contributed by atoms with Gasteiger partial charge in [-0.1, -0.05) is 97.1 Å². The van der Waals surface area contributed by atoms with Gasteiger partial charge >= 0.3 is 0 Å². The smallest absolute Gasteiger partial charge is 0.00139 e. The van der Waals surface area contributed by atoms with Gasteiger partial charge in [-0.15, -0.1) is 0 Å². The molecule has 10 rings (SSSR count). The third-order valence-corrected chi connectivity index (χ3v) is 8.87. The Hall–Kier alpha value is -4.68. The van der Waals surface area contributed by atoms with Crippen LogP contribution in [0, 0.1) is 0 Å². The molecule has 0 aliphatic heterocycles. The second-order valence-corrected chi connectivity index (χ2v) is 10.4. The van der Waals surface area contributed by atoms with E-state index in [0.717, 1.165) is 0 Å². The van der Waals surface area contributed by atoms with Gasteiger partial charge in [-0.25, -0.2) is 0 Å². The standard InChI is InChI=1S/C36H18/c1-5-19-6-2-10-22-26-14-16-28-32-18-30-24-12-4-8-20-7-3-11-23(34(20)24)29(30)17-31(32)27-15-13-25(35(26)36(27)28)21(9-1)33(19)22/h1-18H. The number of hydrogen-bond acceptors (Lipinski definition) is 0. The van der Waals surface area contributed by atoms with Gasteiger partial charge in [0.05, 0.1) is 0 Å². The summed E-state index contributed by atoms with van der Waals surface area (Å²) in [6.45, 7) is 0. The van der Waals surface area contributed by atoms with E-state index in [9.17, 15) is 0 Å². The summed E-state index contributed by atoms with van der Waals surface area (Å²) in [6.07, 6.45) is 0. The van der Waals surface area contributed by atoms with Crippen LogP contribution in [0.15, 0.2) is 109 Å². The van der Waals surface area contributed by atoms with Crippen LogP contribution in [-0.2, 0) is 0 Å². The topological polar surface area (TPSA) is 0 Å². The maximum atomic E-state index is 2.47. The third kappa shape index (κ3) is 1.83. The zero-order valence-electron chi connectivity index (χ0n) is 19.4. The van der Waals surface area contributed by atoms with E-state index < -0.39 is 0 Å². The van der Waals surface area contributed by atoms with Crippen molar-refractivity contribution in [2.75, 3.05) is 0 Å². The molecule has 36 heavy (non-hydrogen) atoms. The quantitative estimate of drug-likeness (QED) is 0.159. The van der Waals surface area contributed by atoms with Crippen LogP contribution in [0.25, 0.3) is 97.0 Å². The van der Waals surface area contributed by atoms with Crippen molar-refractivity contribution in [3.63, 3.8) is 0 Å². The van der Waals surface area contributed by atoms with E-state index in [2.05, 4.69) is 109 Å². The van der Waals surface area contributed by atoms with Gasteiger partial charge in [-0.3, -0.25) is 0 Å². The van der Waals surface area contributed by atoms with E-state index in [-0.39, 0.29) is 0 Å². The minimum Gasteiger partial charge on any atom is -0.0610 e. The average molecular weight is 451 g/mol. The fraction of sp³-hybridized carbons (Fsp3) is 0. The molecule has 0 amide bonds. The van der Waals surface area contributed by atoms with Gasteiger partial charge in [-0.2, -0.15) is 0 Å². The van der Waals surface area contributed by atoms with E-state index in [1.165, 1.54) is 97.0 Å². The highest BCUT2D eigenvalue weighted by atomic mass is 14.2. The Bertz CT molecular complexity index is 2350. The summed E-state index contributed by atoms with van der Waals surface area (Å²) in [4.78, 5) is 0. The summed E-state index contributed by atoms with van der Waals surface area (Å²) in [6, 6.07) is 41.3. The van der Waals surface area contributed by atoms with Crippen LogP contribution in [-0.4, -0.2) is 0 Å². The first-order valence-electron chi connectivity index (χ1n) is 12.7. The molecule has 0 heteroatoms. The van der Waals surface area contributed by atoms with Crippen LogP contribution in [0.3, 0.4) is 0 Å². The van der Waals surface area contributed by atoms with Gasteiger partial charge in [0.1, 0.15) is 0 Å². The summed E-state index contributed by atoms with van der Waals surface area (Å²) in [5.74, 6) is 0. The van der Waals surface area contributed by atoms with Gasteiger partial charge in [0.15, 0.2) is 0 Å². The van der Waals surface area contributed by atoms with Gasteiger partial charge < -0.3 is 0 Å². The maximum Gasteiger partial charge on any atom is -0.00139 e. The molecule has 0 atom stereocenters. The first-order valence-corrected chi connectivity index (χ1v) is 12.7. The van der Waals surface area contributed by atoms with Crippen LogP contribution in [0.2, 0.25) is 0 Å². The van der Waals surface area contributed by atoms with Crippen molar-refractivity contribution in [3.8, 4) is 0 Å². The van der Waals surface area contributed by atoms with E-state index >= 15 is 0 Å². The van der Waals surface area contributed by atoms with Gasteiger partial charge in [0, 0.05) is 0 Å². The molecule has 0 aliphatic rings. The average Bonchev–Trinajstić information content (AvgIpc) is 3.42. The molecule has 0 spiro atoms. The van der Waals surface area contributed by atoms with Gasteiger partial charge in [0.25, 0.3) is 0 Å². The van der Waals surface area contributed by atoms with Crippen LogP contribution in [0.5, 0.6) is 0 Å². The Balaban J connectivity index is 1.49. The molecule has 0 aliphatic carbocycles. The number of benzene rings is 8. The lowest BCUT2D eigenvalue weighted by molar-refractivity contribution is 1.81. The predicted octanol–water partition coefficient (Wildman–Crippen LogP) is 10.4. The number of rotatable bonds is 0. The molecular formula is C36H18. The Morgan fingerprint density at radius 1 is 0.222 bits per heavy atom. The molecule has 0 saturated carbocycles. The van der Waals surface area contributed by atoms with E-state index in [4.69, 9.17) is 0 Å². The monoisotopic (exact) mass is 450 g/mol. The highest BCUT2D eigenvalue weighted by Crippen LogP contribution is 2.49. The zero-order valence-corrected chi connectivity index (χ0v) is 19.4. The van der Waals surface area contributed by atoms with E-state index in [0.29, 0.717) is 0 Å². The summed E-state index contributed by atoms with van der Waals surface area (Å²) < 4.78 is 0. The minimum atomic E-state index is 1.32. The molecule has 0 saturated heterocycles. The Kier molecular flexibility index (Phi) is 2.83. The molecule has 0 fully saturated rings. The molecule has 10 aromatic rings. The Morgan fingerprint density at radius 3 is 0.861 bits per heavy atom. The maximum absolute atomic E-state index is 2.47. The summed E-state index contributed by atoms with van der Waals surface area (Å²) in [5.41, 5.74) is 0. The molecule has 10 aromatic carbocycles. The van der Waals surface area contributed by atoms with E-state index in [1.807, 2.05) is 0 Å². The van der Waals surface area contributed by atoms with Crippen molar-refractivity contribution < 1.29 is 0 Å². The molecule has 0 unspecified atom stereocenters. The molecule has 0 nitrogen and oxygen atoms in total. The minimum absolute atomic E-state index is 1.32. The predicted molar refractivity (Wildman–Crippen MR) is 158 cm³/mol. The van der Waals surface area contributed by atoms with Crippen molar-refractivity contribution in [1.82, 2.24) is 0 Å². The SMILES string of the molecule is c1cc2cccc3c4cc5c(cc4c(c1)c23)c1ccc2c3cccc4cccc(c6ccc5c1c26)c43. The molecule has 0 heterocycles. The molecule has 0 bridgehead atoms. The lowest BCUT2D eigenvalue weighted by Gasteiger charge is -2.14. The lowest BCUT2D eigenvalue weighted by atomic mass is 9.89. The Labute approximate surface area is 206 Å². The fourth-order valence-electron chi connectivity index (χ4n) is 7.46. The molecule has 162 valence electrons. The van der Waals surface area contributed by atoms with Crippen LogP contribution in [0.1, 0.15) is 0 Å².